The highest BCUT2D eigenvalue weighted by molar-refractivity contribution is 6.30. The standard InChI is InChI=1S/C18H20ClN5O/c19-15-3-1-2-14(12-15)18-22-16(25-23-18)6-11-24-9-4-13(5-10-24)17-20-7-8-21-17/h1-3,7-8,12-13H,4-6,9-11H2,(H,20,21). The molecule has 0 bridgehead atoms. The number of piperidine rings is 1. The van der Waals surface area contributed by atoms with Gasteiger partial charge in [-0.2, -0.15) is 4.98 Å². The molecule has 3 heterocycles. The fraction of sp³-hybridized carbons (Fsp3) is 0.389. The van der Waals surface area contributed by atoms with Crippen LogP contribution in [0.25, 0.3) is 11.4 Å². The SMILES string of the molecule is Clc1cccc(-c2noc(CCN3CCC(c4ncc[nH]4)CC3)n2)c1. The molecule has 0 saturated carbocycles. The number of rotatable bonds is 5. The highest BCUT2D eigenvalue weighted by atomic mass is 35.5. The molecule has 1 aliphatic heterocycles. The lowest BCUT2D eigenvalue weighted by molar-refractivity contribution is 0.205. The molecule has 6 nitrogen and oxygen atoms in total. The summed E-state index contributed by atoms with van der Waals surface area (Å²) in [4.78, 5) is 14.5. The first-order chi connectivity index (χ1) is 12.3. The first kappa shape index (κ1) is 16.3. The van der Waals surface area contributed by atoms with Gasteiger partial charge in [-0.25, -0.2) is 4.98 Å². The minimum Gasteiger partial charge on any atom is -0.348 e. The van der Waals surface area contributed by atoms with Gasteiger partial charge in [-0.15, -0.1) is 0 Å². The Kier molecular flexibility index (Phi) is 4.81. The molecule has 0 spiro atoms. The number of benzene rings is 1. The smallest absolute Gasteiger partial charge is 0.228 e. The summed E-state index contributed by atoms with van der Waals surface area (Å²) in [6, 6.07) is 7.49. The van der Waals surface area contributed by atoms with E-state index < -0.39 is 0 Å². The van der Waals surface area contributed by atoms with Crippen molar-refractivity contribution in [3.05, 3.63) is 53.4 Å². The second kappa shape index (κ2) is 7.37. The molecule has 7 heteroatoms. The summed E-state index contributed by atoms with van der Waals surface area (Å²) in [6.07, 6.45) is 6.75. The van der Waals surface area contributed by atoms with Crippen molar-refractivity contribution < 1.29 is 4.52 Å². The van der Waals surface area contributed by atoms with Crippen LogP contribution in [0.15, 0.2) is 41.2 Å². The zero-order chi connectivity index (χ0) is 17.1. The van der Waals surface area contributed by atoms with Crippen LogP contribution in [0.3, 0.4) is 0 Å². The number of aromatic nitrogens is 4. The average molecular weight is 358 g/mol. The van der Waals surface area contributed by atoms with Crippen LogP contribution in [0.2, 0.25) is 5.02 Å². The maximum absolute atomic E-state index is 6.01. The molecular formula is C18H20ClN5O. The molecule has 0 aliphatic carbocycles. The number of imidazole rings is 1. The normalized spacial score (nSPS) is 16.4. The molecule has 1 fully saturated rings. The third-order valence-corrected chi connectivity index (χ3v) is 4.92. The van der Waals surface area contributed by atoms with Crippen molar-refractivity contribution in [2.45, 2.75) is 25.2 Å². The minimum atomic E-state index is 0.545. The van der Waals surface area contributed by atoms with Crippen molar-refractivity contribution >= 4 is 11.6 Å². The van der Waals surface area contributed by atoms with Gasteiger partial charge in [0.05, 0.1) is 0 Å². The lowest BCUT2D eigenvalue weighted by Gasteiger charge is -2.30. The van der Waals surface area contributed by atoms with Crippen LogP contribution in [0.1, 0.15) is 30.5 Å². The number of hydrogen-bond acceptors (Lipinski definition) is 5. The first-order valence-electron chi connectivity index (χ1n) is 8.58. The van der Waals surface area contributed by atoms with E-state index in [1.54, 1.807) is 0 Å². The van der Waals surface area contributed by atoms with Crippen molar-refractivity contribution in [2.75, 3.05) is 19.6 Å². The summed E-state index contributed by atoms with van der Waals surface area (Å²) in [5, 5.41) is 4.73. The topological polar surface area (TPSA) is 70.8 Å². The number of aromatic amines is 1. The molecule has 1 aliphatic rings. The van der Waals surface area contributed by atoms with Crippen molar-refractivity contribution in [1.82, 2.24) is 25.0 Å². The van der Waals surface area contributed by atoms with Gasteiger partial charge < -0.3 is 14.4 Å². The second-order valence-electron chi connectivity index (χ2n) is 6.36. The van der Waals surface area contributed by atoms with Crippen LogP contribution < -0.4 is 0 Å². The van der Waals surface area contributed by atoms with E-state index in [9.17, 15) is 0 Å². The number of nitrogens with one attached hydrogen (secondary N) is 1. The molecule has 0 atom stereocenters. The van der Waals surface area contributed by atoms with Crippen molar-refractivity contribution in [1.29, 1.82) is 0 Å². The number of nitrogens with zero attached hydrogens (tertiary/aromatic N) is 4. The van der Waals surface area contributed by atoms with E-state index in [0.717, 1.165) is 50.3 Å². The predicted molar refractivity (Wildman–Crippen MR) is 95.5 cm³/mol. The quantitative estimate of drug-likeness (QED) is 0.756. The van der Waals surface area contributed by atoms with Gasteiger partial charge in [-0.05, 0) is 38.1 Å². The van der Waals surface area contributed by atoms with Crippen LogP contribution in [0.4, 0.5) is 0 Å². The zero-order valence-electron chi connectivity index (χ0n) is 13.9. The van der Waals surface area contributed by atoms with E-state index in [4.69, 9.17) is 16.1 Å². The maximum Gasteiger partial charge on any atom is 0.228 e. The Morgan fingerprint density at radius 1 is 1.28 bits per heavy atom. The Hall–Kier alpha value is -2.18. The first-order valence-corrected chi connectivity index (χ1v) is 8.96. The number of halogens is 1. The molecule has 1 saturated heterocycles. The molecular weight excluding hydrogens is 338 g/mol. The second-order valence-corrected chi connectivity index (χ2v) is 6.80. The fourth-order valence-corrected chi connectivity index (χ4v) is 3.48. The number of likely N-dealkylation sites (tertiary alicyclic amines) is 1. The van der Waals surface area contributed by atoms with Gasteiger partial charge in [-0.1, -0.05) is 28.9 Å². The van der Waals surface area contributed by atoms with Gasteiger partial charge in [0.25, 0.3) is 0 Å². The largest absolute Gasteiger partial charge is 0.348 e. The molecule has 0 amide bonds. The molecule has 0 unspecified atom stereocenters. The van der Waals surface area contributed by atoms with E-state index in [1.165, 1.54) is 0 Å². The van der Waals surface area contributed by atoms with Gasteiger partial charge in [-0.3, -0.25) is 0 Å². The summed E-state index contributed by atoms with van der Waals surface area (Å²) >= 11 is 6.01. The Bertz CT molecular complexity index is 809. The highest BCUT2D eigenvalue weighted by Gasteiger charge is 2.22. The van der Waals surface area contributed by atoms with Gasteiger partial charge in [0, 0.05) is 41.9 Å². The van der Waals surface area contributed by atoms with E-state index in [-0.39, 0.29) is 0 Å². The third kappa shape index (κ3) is 3.91. The maximum atomic E-state index is 6.01. The lowest BCUT2D eigenvalue weighted by atomic mass is 9.96. The van der Waals surface area contributed by atoms with E-state index in [1.807, 2.05) is 36.7 Å². The summed E-state index contributed by atoms with van der Waals surface area (Å²) in [5.41, 5.74) is 0.877. The van der Waals surface area contributed by atoms with Crippen molar-refractivity contribution in [3.63, 3.8) is 0 Å². The van der Waals surface area contributed by atoms with Crippen molar-refractivity contribution in [3.8, 4) is 11.4 Å². The van der Waals surface area contributed by atoms with Gasteiger partial charge in [0.2, 0.25) is 11.7 Å². The summed E-state index contributed by atoms with van der Waals surface area (Å²) in [6.45, 7) is 3.07. The molecule has 25 heavy (non-hydrogen) atoms. The Balaban J connectivity index is 1.29. The summed E-state index contributed by atoms with van der Waals surface area (Å²) < 4.78 is 5.38. The van der Waals surface area contributed by atoms with Crippen LogP contribution in [-0.4, -0.2) is 44.6 Å². The molecule has 1 N–H and O–H groups in total. The molecule has 130 valence electrons. The number of hydrogen-bond donors (Lipinski definition) is 1. The number of H-pyrrole nitrogens is 1. The highest BCUT2D eigenvalue weighted by Crippen LogP contribution is 2.25. The Morgan fingerprint density at radius 3 is 2.92 bits per heavy atom. The van der Waals surface area contributed by atoms with E-state index in [2.05, 4.69) is 25.0 Å². The van der Waals surface area contributed by atoms with E-state index >= 15 is 0 Å². The minimum absolute atomic E-state index is 0.545. The lowest BCUT2D eigenvalue weighted by Crippen LogP contribution is -2.34. The molecule has 4 rings (SSSR count). The fourth-order valence-electron chi connectivity index (χ4n) is 3.29. The van der Waals surface area contributed by atoms with Crippen molar-refractivity contribution in [2.24, 2.45) is 0 Å². The van der Waals surface area contributed by atoms with Crippen LogP contribution >= 0.6 is 11.6 Å². The third-order valence-electron chi connectivity index (χ3n) is 4.69. The Morgan fingerprint density at radius 2 is 2.16 bits per heavy atom. The Labute approximate surface area is 151 Å². The average Bonchev–Trinajstić information content (AvgIpc) is 3.32. The zero-order valence-corrected chi connectivity index (χ0v) is 14.6. The summed E-state index contributed by atoms with van der Waals surface area (Å²) in [5.74, 6) is 2.92. The van der Waals surface area contributed by atoms with E-state index in [0.29, 0.717) is 22.7 Å². The van der Waals surface area contributed by atoms with Gasteiger partial charge >= 0.3 is 0 Å². The summed E-state index contributed by atoms with van der Waals surface area (Å²) in [7, 11) is 0. The molecule has 3 aromatic rings. The van der Waals surface area contributed by atoms with Crippen LogP contribution in [0, 0.1) is 0 Å². The van der Waals surface area contributed by atoms with Gasteiger partial charge in [0.15, 0.2) is 0 Å². The molecule has 1 aromatic carbocycles. The molecule has 0 radical (unpaired) electrons. The molecule has 2 aromatic heterocycles. The van der Waals surface area contributed by atoms with Crippen LogP contribution in [0.5, 0.6) is 0 Å². The van der Waals surface area contributed by atoms with Crippen LogP contribution in [-0.2, 0) is 6.42 Å². The predicted octanol–water partition coefficient (Wildman–Crippen LogP) is 3.54. The van der Waals surface area contributed by atoms with Gasteiger partial charge in [0.1, 0.15) is 5.82 Å². The monoisotopic (exact) mass is 357 g/mol.